The van der Waals surface area contributed by atoms with Gasteiger partial charge in [-0.15, -0.1) is 0 Å². The van der Waals surface area contributed by atoms with Crippen LogP contribution in [0, 0.1) is 5.82 Å². The molecule has 1 aliphatic heterocycles. The van der Waals surface area contributed by atoms with E-state index in [1.807, 2.05) is 30.3 Å². The quantitative estimate of drug-likeness (QED) is 0.301. The fraction of sp³-hybridized carbons (Fsp3) is 0.333. The predicted molar refractivity (Wildman–Crippen MR) is 165 cm³/mol. The molecule has 0 bridgehead atoms. The SMILES string of the molecule is CN1CCN(CCCN(C)C(=O)Nc2cc(Oc3ccc(NC(=S)NC(=O)Cc4ccccc4)cc3F)ccn2)CC1. The largest absolute Gasteiger partial charge is 0.454 e. The summed E-state index contributed by atoms with van der Waals surface area (Å²) < 4.78 is 20.5. The summed E-state index contributed by atoms with van der Waals surface area (Å²) in [5.74, 6) is -0.346. The zero-order valence-corrected chi connectivity index (χ0v) is 24.6. The summed E-state index contributed by atoms with van der Waals surface area (Å²) in [5.41, 5.74) is 1.20. The maximum Gasteiger partial charge on any atom is 0.322 e. The van der Waals surface area contributed by atoms with Crippen LogP contribution in [0.1, 0.15) is 12.0 Å². The van der Waals surface area contributed by atoms with E-state index in [4.69, 9.17) is 17.0 Å². The normalized spacial score (nSPS) is 13.7. The van der Waals surface area contributed by atoms with E-state index in [0.717, 1.165) is 44.7 Å². The molecule has 4 rings (SSSR count). The van der Waals surface area contributed by atoms with Gasteiger partial charge in [0.2, 0.25) is 5.91 Å². The lowest BCUT2D eigenvalue weighted by Crippen LogP contribution is -2.45. The molecule has 1 fully saturated rings. The molecule has 2 aromatic carbocycles. The number of hydrogen-bond donors (Lipinski definition) is 3. The van der Waals surface area contributed by atoms with Gasteiger partial charge in [-0.05, 0) is 56.0 Å². The predicted octanol–water partition coefficient (Wildman–Crippen LogP) is 4.17. The van der Waals surface area contributed by atoms with Crippen LogP contribution in [0.4, 0.5) is 20.7 Å². The van der Waals surface area contributed by atoms with Gasteiger partial charge in [-0.1, -0.05) is 30.3 Å². The van der Waals surface area contributed by atoms with Crippen molar-refractivity contribution in [3.63, 3.8) is 0 Å². The monoisotopic (exact) mass is 593 g/mol. The van der Waals surface area contributed by atoms with Crippen LogP contribution in [-0.4, -0.2) is 90.1 Å². The highest BCUT2D eigenvalue weighted by Gasteiger charge is 2.15. The second-order valence-corrected chi connectivity index (χ2v) is 10.5. The second-order valence-electron chi connectivity index (χ2n) is 10.1. The van der Waals surface area contributed by atoms with Crippen LogP contribution in [0.5, 0.6) is 11.5 Å². The molecular formula is C30H36FN7O3S. The minimum absolute atomic E-state index is 0.0240. The fourth-order valence-electron chi connectivity index (χ4n) is 4.36. The Hall–Kier alpha value is -4.13. The van der Waals surface area contributed by atoms with Gasteiger partial charge in [0.25, 0.3) is 0 Å². The van der Waals surface area contributed by atoms with E-state index >= 15 is 0 Å². The molecule has 0 radical (unpaired) electrons. The maximum atomic E-state index is 14.8. The maximum absolute atomic E-state index is 14.8. The molecule has 3 N–H and O–H groups in total. The molecule has 10 nitrogen and oxygen atoms in total. The molecule has 0 spiro atoms. The van der Waals surface area contributed by atoms with E-state index in [0.29, 0.717) is 23.8 Å². The van der Waals surface area contributed by atoms with Crippen LogP contribution >= 0.6 is 12.2 Å². The molecule has 0 aliphatic carbocycles. The lowest BCUT2D eigenvalue weighted by Gasteiger charge is -2.32. The van der Waals surface area contributed by atoms with Crippen LogP contribution < -0.4 is 20.7 Å². The Bertz CT molecular complexity index is 1370. The minimum atomic E-state index is -0.638. The molecule has 222 valence electrons. The van der Waals surface area contributed by atoms with Gasteiger partial charge in [0.15, 0.2) is 16.7 Å². The number of urea groups is 1. The van der Waals surface area contributed by atoms with Crippen molar-refractivity contribution < 1.29 is 18.7 Å². The van der Waals surface area contributed by atoms with Crippen molar-refractivity contribution in [1.29, 1.82) is 0 Å². The van der Waals surface area contributed by atoms with Crippen LogP contribution in [0.25, 0.3) is 0 Å². The zero-order chi connectivity index (χ0) is 29.9. The Kier molecular flexibility index (Phi) is 11.2. The second kappa shape index (κ2) is 15.2. The molecule has 0 atom stereocenters. The van der Waals surface area contributed by atoms with Crippen molar-refractivity contribution in [2.24, 2.45) is 0 Å². The Morgan fingerprint density at radius 2 is 1.81 bits per heavy atom. The van der Waals surface area contributed by atoms with Crippen LogP contribution in [0.3, 0.4) is 0 Å². The van der Waals surface area contributed by atoms with E-state index in [9.17, 15) is 14.0 Å². The third kappa shape index (κ3) is 9.75. The van der Waals surface area contributed by atoms with Gasteiger partial charge in [0, 0.05) is 63.8 Å². The number of thiocarbonyl (C=S) groups is 1. The number of carbonyl (C=O) groups excluding carboxylic acids is 2. The van der Waals surface area contributed by atoms with Gasteiger partial charge >= 0.3 is 6.03 Å². The van der Waals surface area contributed by atoms with Gasteiger partial charge in [-0.3, -0.25) is 10.1 Å². The van der Waals surface area contributed by atoms with Crippen LogP contribution in [-0.2, 0) is 11.2 Å². The number of nitrogens with one attached hydrogen (secondary N) is 3. The number of nitrogens with zero attached hydrogens (tertiary/aromatic N) is 4. The van der Waals surface area contributed by atoms with Gasteiger partial charge in [-0.2, -0.15) is 0 Å². The van der Waals surface area contributed by atoms with Crippen molar-refractivity contribution in [2.45, 2.75) is 12.8 Å². The molecule has 3 aromatic rings. The molecule has 0 unspecified atom stereocenters. The lowest BCUT2D eigenvalue weighted by atomic mass is 10.1. The van der Waals surface area contributed by atoms with Gasteiger partial charge in [0.05, 0.1) is 6.42 Å². The molecule has 1 aromatic heterocycles. The molecule has 2 heterocycles. The number of rotatable bonds is 10. The summed E-state index contributed by atoms with van der Waals surface area (Å²) in [5, 5.41) is 8.21. The lowest BCUT2D eigenvalue weighted by molar-refractivity contribution is -0.119. The molecule has 3 amide bonds. The summed E-state index contributed by atoms with van der Waals surface area (Å²) >= 11 is 5.19. The highest BCUT2D eigenvalue weighted by atomic mass is 32.1. The molecule has 1 saturated heterocycles. The Labute approximate surface area is 250 Å². The topological polar surface area (TPSA) is 102 Å². The van der Waals surface area contributed by atoms with Crippen molar-refractivity contribution in [2.75, 3.05) is 64.0 Å². The number of aromatic nitrogens is 1. The zero-order valence-electron chi connectivity index (χ0n) is 23.8. The molecule has 0 saturated carbocycles. The van der Waals surface area contributed by atoms with Crippen molar-refractivity contribution in [1.82, 2.24) is 25.0 Å². The number of piperazine rings is 1. The number of amides is 3. The van der Waals surface area contributed by atoms with Gasteiger partial charge in [0.1, 0.15) is 11.6 Å². The number of halogens is 1. The first-order chi connectivity index (χ1) is 20.2. The number of carbonyl (C=O) groups is 2. The molecular weight excluding hydrogens is 557 g/mol. The summed E-state index contributed by atoms with van der Waals surface area (Å²) in [6.07, 6.45) is 2.52. The number of anilines is 2. The highest BCUT2D eigenvalue weighted by Crippen LogP contribution is 2.27. The van der Waals surface area contributed by atoms with E-state index in [-0.39, 0.29) is 29.2 Å². The van der Waals surface area contributed by atoms with Gasteiger partial charge in [-0.25, -0.2) is 14.2 Å². The van der Waals surface area contributed by atoms with Crippen molar-refractivity contribution >= 4 is 40.8 Å². The summed E-state index contributed by atoms with van der Waals surface area (Å²) in [6, 6.07) is 16.3. The van der Waals surface area contributed by atoms with Gasteiger partial charge < -0.3 is 30.1 Å². The number of ether oxygens (including phenoxy) is 1. The molecule has 12 heteroatoms. The summed E-state index contributed by atoms with van der Waals surface area (Å²) in [4.78, 5) is 35.4. The summed E-state index contributed by atoms with van der Waals surface area (Å²) in [7, 11) is 3.87. The first-order valence-corrected chi connectivity index (χ1v) is 14.2. The number of benzene rings is 2. The Morgan fingerprint density at radius 1 is 1.05 bits per heavy atom. The number of pyridine rings is 1. The minimum Gasteiger partial charge on any atom is -0.454 e. The van der Waals surface area contributed by atoms with Crippen LogP contribution in [0.2, 0.25) is 0 Å². The first kappa shape index (κ1) is 30.8. The number of likely N-dealkylation sites (N-methyl/N-ethyl adjacent to an activating group) is 1. The molecule has 1 aliphatic rings. The van der Waals surface area contributed by atoms with E-state index < -0.39 is 5.82 Å². The molecule has 42 heavy (non-hydrogen) atoms. The van der Waals surface area contributed by atoms with Crippen molar-refractivity contribution in [3.8, 4) is 11.5 Å². The Morgan fingerprint density at radius 3 is 2.55 bits per heavy atom. The fourth-order valence-corrected chi connectivity index (χ4v) is 4.59. The first-order valence-electron chi connectivity index (χ1n) is 13.8. The van der Waals surface area contributed by atoms with E-state index in [1.54, 1.807) is 24.1 Å². The van der Waals surface area contributed by atoms with E-state index in [1.165, 1.54) is 24.4 Å². The van der Waals surface area contributed by atoms with E-state index in [2.05, 4.69) is 37.8 Å². The average Bonchev–Trinajstić information content (AvgIpc) is 2.96. The van der Waals surface area contributed by atoms with Crippen molar-refractivity contribution in [3.05, 3.63) is 78.2 Å². The van der Waals surface area contributed by atoms with Crippen LogP contribution in [0.15, 0.2) is 66.9 Å². The highest BCUT2D eigenvalue weighted by molar-refractivity contribution is 7.80. The smallest absolute Gasteiger partial charge is 0.322 e. The average molecular weight is 594 g/mol. The summed E-state index contributed by atoms with van der Waals surface area (Å²) in [6.45, 7) is 5.78. The third-order valence-electron chi connectivity index (χ3n) is 6.75. The number of hydrogen-bond acceptors (Lipinski definition) is 7. The standard InChI is InChI=1S/C30H36FN7O3S/c1-36-15-17-38(18-16-36)14-6-13-37(2)30(40)34-27-21-24(11-12-32-27)41-26-10-9-23(20-25(26)31)33-29(42)35-28(39)19-22-7-4-3-5-8-22/h3-5,7-12,20-21H,6,13-19H2,1-2H3,(H,32,34,40)(H2,33,35,39,42). The third-order valence-corrected chi connectivity index (χ3v) is 6.96. The Balaban J connectivity index is 1.24.